The molecular weight excluding hydrogens is 443 g/mol. The Hall–Kier alpha value is -1.88. The highest BCUT2D eigenvalue weighted by molar-refractivity contribution is 5.82. The monoisotopic (exact) mass is 477 g/mol. The molecule has 5 rings (SSSR count). The van der Waals surface area contributed by atoms with Crippen molar-refractivity contribution in [2.45, 2.75) is 83.5 Å². The molecule has 0 radical (unpaired) electrons. The molecule has 4 fully saturated rings. The molecular formula is C26H34F3N3O2. The third kappa shape index (κ3) is 3.88. The molecule has 8 heteroatoms. The highest BCUT2D eigenvalue weighted by Gasteiger charge is 2.62. The summed E-state index contributed by atoms with van der Waals surface area (Å²) >= 11 is 0. The van der Waals surface area contributed by atoms with Crippen molar-refractivity contribution in [2.24, 2.45) is 46.8 Å². The first kappa shape index (κ1) is 23.8. The molecule has 9 atom stereocenters. The first-order valence-electron chi connectivity index (χ1n) is 12.7. The van der Waals surface area contributed by atoms with Gasteiger partial charge in [0.2, 0.25) is 0 Å². The van der Waals surface area contributed by atoms with E-state index in [4.69, 9.17) is 0 Å². The predicted octanol–water partition coefficient (Wildman–Crippen LogP) is 5.24. The van der Waals surface area contributed by atoms with Crippen LogP contribution in [0, 0.1) is 58.2 Å². The molecule has 0 unspecified atom stereocenters. The van der Waals surface area contributed by atoms with Crippen LogP contribution in [0.3, 0.4) is 0 Å². The van der Waals surface area contributed by atoms with Gasteiger partial charge in [-0.1, -0.05) is 6.92 Å². The SMILES string of the molecule is C[C@@]1(O)CC[C@H]2[C@H](CC[C@@H]3[C@@H]2CC[C@@]2(C)[C@H]3C[C@@H](C#N)[C@@H]2C(=O)Cn2cc(C(F)(F)F)cn2)C1. The van der Waals surface area contributed by atoms with Crippen molar-refractivity contribution < 1.29 is 23.1 Å². The zero-order valence-corrected chi connectivity index (χ0v) is 19.9. The lowest BCUT2D eigenvalue weighted by Gasteiger charge is -2.56. The zero-order valence-electron chi connectivity index (χ0n) is 19.9. The Labute approximate surface area is 198 Å². The number of Topliss-reactive ketones (excluding diaryl/α,β-unsaturated/α-hetero) is 1. The van der Waals surface area contributed by atoms with Gasteiger partial charge in [-0.05, 0) is 93.3 Å². The minimum absolute atomic E-state index is 0.172. The van der Waals surface area contributed by atoms with E-state index in [0.29, 0.717) is 30.1 Å². The maximum atomic E-state index is 13.4. The van der Waals surface area contributed by atoms with Crippen molar-refractivity contribution in [3.8, 4) is 6.07 Å². The summed E-state index contributed by atoms with van der Waals surface area (Å²) in [4.78, 5) is 13.4. The van der Waals surface area contributed by atoms with Crippen LogP contribution >= 0.6 is 0 Å². The Bertz CT molecular complexity index is 996. The number of aliphatic hydroxyl groups is 1. The van der Waals surface area contributed by atoms with Gasteiger partial charge in [0, 0.05) is 12.1 Å². The van der Waals surface area contributed by atoms with Crippen LogP contribution in [0.4, 0.5) is 13.2 Å². The second kappa shape index (κ2) is 8.08. The van der Waals surface area contributed by atoms with Crippen molar-refractivity contribution >= 4 is 5.78 Å². The van der Waals surface area contributed by atoms with Crippen LogP contribution in [-0.2, 0) is 17.5 Å². The Balaban J connectivity index is 1.35. The van der Waals surface area contributed by atoms with E-state index in [-0.39, 0.29) is 23.7 Å². The molecule has 4 aliphatic rings. The predicted molar refractivity (Wildman–Crippen MR) is 118 cm³/mol. The number of hydrogen-bond donors (Lipinski definition) is 1. The van der Waals surface area contributed by atoms with E-state index in [1.807, 2.05) is 6.92 Å². The molecule has 4 saturated carbocycles. The van der Waals surface area contributed by atoms with E-state index < -0.39 is 29.2 Å². The number of fused-ring (bicyclic) bond motifs is 5. The van der Waals surface area contributed by atoms with E-state index in [9.17, 15) is 28.3 Å². The molecule has 0 aliphatic heterocycles. The van der Waals surface area contributed by atoms with E-state index >= 15 is 0 Å². The maximum Gasteiger partial charge on any atom is 0.419 e. The second-order valence-electron chi connectivity index (χ2n) is 12.1. The van der Waals surface area contributed by atoms with Gasteiger partial charge in [0.05, 0.1) is 35.9 Å². The molecule has 1 heterocycles. The average Bonchev–Trinajstić information content (AvgIpc) is 3.34. The van der Waals surface area contributed by atoms with Crippen molar-refractivity contribution in [3.63, 3.8) is 0 Å². The first-order valence-corrected chi connectivity index (χ1v) is 12.7. The molecule has 4 aliphatic carbocycles. The number of nitrogens with zero attached hydrogens (tertiary/aromatic N) is 3. The zero-order chi connectivity index (χ0) is 24.5. The quantitative estimate of drug-likeness (QED) is 0.646. The highest BCUT2D eigenvalue weighted by atomic mass is 19.4. The van der Waals surface area contributed by atoms with Crippen LogP contribution in [-0.4, -0.2) is 26.3 Å². The largest absolute Gasteiger partial charge is 0.419 e. The highest BCUT2D eigenvalue weighted by Crippen LogP contribution is 2.66. The molecule has 0 spiro atoms. The molecule has 0 bridgehead atoms. The molecule has 34 heavy (non-hydrogen) atoms. The number of hydrogen-bond acceptors (Lipinski definition) is 4. The fourth-order valence-electron chi connectivity index (χ4n) is 8.70. The van der Waals surface area contributed by atoms with Crippen LogP contribution in [0.1, 0.15) is 70.8 Å². The Morgan fingerprint density at radius 2 is 1.94 bits per heavy atom. The number of nitriles is 1. The van der Waals surface area contributed by atoms with Crippen molar-refractivity contribution in [1.82, 2.24) is 9.78 Å². The van der Waals surface area contributed by atoms with E-state index in [1.54, 1.807) is 0 Å². The summed E-state index contributed by atoms with van der Waals surface area (Å²) in [6.45, 7) is 3.88. The lowest BCUT2D eigenvalue weighted by atomic mass is 9.49. The standard InChI is InChI=1S/C26H34F3N3O2/c1-24(34)7-5-18-15(10-24)3-4-20-19(18)6-8-25(2)21(20)9-16(11-30)23(25)22(33)14-32-13-17(12-31-32)26(27,28)29/h12-13,15-16,18-21,23,34H,3-10,14H2,1-2H3/t15-,16+,18+,19-,20-,21+,23-,24-,25+/m1/s1. The lowest BCUT2D eigenvalue weighted by Crippen LogP contribution is -2.51. The normalized spacial score (nSPS) is 44.0. The number of carbonyl (C=O) groups excluding carboxylic acids is 1. The van der Waals surface area contributed by atoms with Crippen LogP contribution in [0.2, 0.25) is 0 Å². The summed E-state index contributed by atoms with van der Waals surface area (Å²) in [5.74, 6) is 1.49. The third-order valence-electron chi connectivity index (χ3n) is 10.1. The number of rotatable bonds is 3. The molecule has 0 amide bonds. The van der Waals surface area contributed by atoms with Gasteiger partial charge < -0.3 is 5.11 Å². The van der Waals surface area contributed by atoms with E-state index in [2.05, 4.69) is 18.1 Å². The summed E-state index contributed by atoms with van der Waals surface area (Å²) in [6, 6.07) is 2.39. The molecule has 1 N–H and O–H groups in total. The van der Waals surface area contributed by atoms with Gasteiger partial charge in [0.25, 0.3) is 0 Å². The Morgan fingerprint density at radius 3 is 2.62 bits per heavy atom. The number of alkyl halides is 3. The van der Waals surface area contributed by atoms with Crippen molar-refractivity contribution in [3.05, 3.63) is 18.0 Å². The van der Waals surface area contributed by atoms with Gasteiger partial charge in [0.1, 0.15) is 0 Å². The first-order chi connectivity index (χ1) is 15.9. The summed E-state index contributed by atoms with van der Waals surface area (Å²) in [6.07, 6.45) is 4.67. The number of ketones is 1. The second-order valence-corrected chi connectivity index (χ2v) is 12.1. The molecule has 0 saturated heterocycles. The van der Waals surface area contributed by atoms with E-state index in [0.717, 1.165) is 62.0 Å². The summed E-state index contributed by atoms with van der Waals surface area (Å²) < 4.78 is 40.0. The van der Waals surface area contributed by atoms with Crippen molar-refractivity contribution in [1.29, 1.82) is 5.26 Å². The molecule has 5 nitrogen and oxygen atoms in total. The number of carbonyl (C=O) groups is 1. The van der Waals surface area contributed by atoms with Gasteiger partial charge in [-0.3, -0.25) is 9.48 Å². The maximum absolute atomic E-state index is 13.4. The summed E-state index contributed by atoms with van der Waals surface area (Å²) in [5.41, 5.74) is -1.73. The van der Waals surface area contributed by atoms with Crippen LogP contribution in [0.15, 0.2) is 12.4 Å². The smallest absolute Gasteiger partial charge is 0.390 e. The van der Waals surface area contributed by atoms with Crippen LogP contribution in [0.5, 0.6) is 0 Å². The van der Waals surface area contributed by atoms with Crippen LogP contribution in [0.25, 0.3) is 0 Å². The van der Waals surface area contributed by atoms with Crippen LogP contribution < -0.4 is 0 Å². The van der Waals surface area contributed by atoms with Gasteiger partial charge in [-0.2, -0.15) is 23.5 Å². The molecule has 186 valence electrons. The third-order valence-corrected chi connectivity index (χ3v) is 10.1. The summed E-state index contributed by atoms with van der Waals surface area (Å²) in [5, 5.41) is 24.3. The molecule has 1 aromatic heterocycles. The van der Waals surface area contributed by atoms with Gasteiger partial charge in [-0.25, -0.2) is 0 Å². The van der Waals surface area contributed by atoms with Gasteiger partial charge >= 0.3 is 6.18 Å². The molecule has 0 aromatic carbocycles. The topological polar surface area (TPSA) is 78.9 Å². The van der Waals surface area contributed by atoms with Crippen molar-refractivity contribution in [2.75, 3.05) is 0 Å². The van der Waals surface area contributed by atoms with Gasteiger partial charge in [-0.15, -0.1) is 0 Å². The number of halogens is 3. The van der Waals surface area contributed by atoms with E-state index in [1.165, 1.54) is 0 Å². The number of aromatic nitrogens is 2. The fraction of sp³-hybridized carbons (Fsp3) is 0.808. The lowest BCUT2D eigenvalue weighted by molar-refractivity contribution is -0.138. The Morgan fingerprint density at radius 1 is 1.21 bits per heavy atom. The summed E-state index contributed by atoms with van der Waals surface area (Å²) in [7, 11) is 0. The minimum Gasteiger partial charge on any atom is -0.390 e. The fourth-order valence-corrected chi connectivity index (χ4v) is 8.70. The molecule has 1 aromatic rings. The van der Waals surface area contributed by atoms with Gasteiger partial charge in [0.15, 0.2) is 5.78 Å². The minimum atomic E-state index is -4.50. The average molecular weight is 478 g/mol. The Kier molecular flexibility index (Phi) is 5.66.